The Bertz CT molecular complexity index is 691. The van der Waals surface area contributed by atoms with Gasteiger partial charge < -0.3 is 24.6 Å². The second kappa shape index (κ2) is 8.71. The topological polar surface area (TPSA) is 93.8 Å². The summed E-state index contributed by atoms with van der Waals surface area (Å²) in [5.74, 6) is 3.29. The molecule has 2 heterocycles. The van der Waals surface area contributed by atoms with E-state index in [0.717, 1.165) is 11.5 Å². The fourth-order valence-corrected chi connectivity index (χ4v) is 2.17. The Morgan fingerprint density at radius 3 is 2.79 bits per heavy atom. The molecule has 130 valence electrons. The minimum absolute atomic E-state index is 0. The molecule has 0 fully saturated rings. The molecular weight excluding hydrogens is 425 g/mol. The summed E-state index contributed by atoms with van der Waals surface area (Å²) in [5.41, 5.74) is 0. The van der Waals surface area contributed by atoms with E-state index in [0.29, 0.717) is 37.4 Å². The lowest BCUT2D eigenvalue weighted by atomic mass is 10.2. The van der Waals surface area contributed by atoms with Gasteiger partial charge in [0.25, 0.3) is 0 Å². The second-order valence-corrected chi connectivity index (χ2v) is 5.03. The molecule has 1 aliphatic heterocycles. The molecule has 1 atom stereocenters. The normalized spacial score (nSPS) is 16.2. The van der Waals surface area contributed by atoms with Gasteiger partial charge in [-0.05, 0) is 12.1 Å². The number of hydrogen-bond donors (Lipinski definition) is 2. The van der Waals surface area contributed by atoms with Gasteiger partial charge in [0.15, 0.2) is 23.3 Å². The first-order valence-corrected chi connectivity index (χ1v) is 7.37. The predicted octanol–water partition coefficient (Wildman–Crippen LogP) is 1.50. The highest BCUT2D eigenvalue weighted by molar-refractivity contribution is 14.0. The number of ether oxygens (including phenoxy) is 2. The fraction of sp³-hybridized carbons (Fsp3) is 0.400. The average Bonchev–Trinajstić information content (AvgIpc) is 3.00. The van der Waals surface area contributed by atoms with Crippen molar-refractivity contribution in [1.29, 1.82) is 0 Å². The molecule has 2 N–H and O–H groups in total. The number of aromatic nitrogens is 2. The van der Waals surface area contributed by atoms with Crippen LogP contribution in [0, 0.1) is 6.92 Å². The van der Waals surface area contributed by atoms with E-state index in [9.17, 15) is 0 Å². The van der Waals surface area contributed by atoms with Crippen LogP contribution in [-0.4, -0.2) is 42.4 Å². The number of aliphatic imine (C=N–C) groups is 1. The van der Waals surface area contributed by atoms with Crippen molar-refractivity contribution in [2.75, 3.05) is 20.2 Å². The Morgan fingerprint density at radius 1 is 1.29 bits per heavy atom. The number of aryl methyl sites for hydroxylation is 1. The molecule has 0 saturated heterocycles. The van der Waals surface area contributed by atoms with Crippen LogP contribution in [0.4, 0.5) is 0 Å². The van der Waals surface area contributed by atoms with Crippen molar-refractivity contribution in [2.24, 2.45) is 4.99 Å². The van der Waals surface area contributed by atoms with Gasteiger partial charge >= 0.3 is 0 Å². The molecule has 1 aromatic carbocycles. The Morgan fingerprint density at radius 2 is 2.08 bits per heavy atom. The summed E-state index contributed by atoms with van der Waals surface area (Å²) < 4.78 is 16.5. The summed E-state index contributed by atoms with van der Waals surface area (Å²) in [5, 5.41) is 10.1. The maximum atomic E-state index is 5.88. The zero-order valence-corrected chi connectivity index (χ0v) is 15.8. The zero-order chi connectivity index (χ0) is 16.1. The molecule has 3 rings (SSSR count). The van der Waals surface area contributed by atoms with Crippen LogP contribution in [0.25, 0.3) is 0 Å². The van der Waals surface area contributed by atoms with Crippen LogP contribution in [0.15, 0.2) is 33.8 Å². The Labute approximate surface area is 157 Å². The molecular formula is C15H20IN5O3. The lowest BCUT2D eigenvalue weighted by Gasteiger charge is -2.27. The standard InChI is InChI=1S/C15H19N5O3.HI/c1-10-19-14(20-23-10)8-18-15(16-2)17-7-11-9-21-12-5-3-4-6-13(12)22-11;/h3-6,11H,7-9H2,1-2H3,(H2,16,17,18);1H. The molecule has 0 spiro atoms. The number of fused-ring (bicyclic) bond motifs is 1. The van der Waals surface area contributed by atoms with Crippen LogP contribution < -0.4 is 20.1 Å². The van der Waals surface area contributed by atoms with Gasteiger partial charge in [0.1, 0.15) is 12.7 Å². The summed E-state index contributed by atoms with van der Waals surface area (Å²) in [7, 11) is 1.70. The minimum Gasteiger partial charge on any atom is -0.486 e. The van der Waals surface area contributed by atoms with E-state index in [4.69, 9.17) is 14.0 Å². The molecule has 1 aliphatic rings. The second-order valence-electron chi connectivity index (χ2n) is 5.03. The third-order valence-corrected chi connectivity index (χ3v) is 3.27. The number of halogens is 1. The summed E-state index contributed by atoms with van der Waals surface area (Å²) in [6.45, 7) is 3.24. The van der Waals surface area contributed by atoms with E-state index in [2.05, 4.69) is 25.8 Å². The summed E-state index contributed by atoms with van der Waals surface area (Å²) in [4.78, 5) is 8.27. The Hall–Kier alpha value is -2.04. The highest BCUT2D eigenvalue weighted by Gasteiger charge is 2.20. The lowest BCUT2D eigenvalue weighted by Crippen LogP contribution is -2.45. The molecule has 0 amide bonds. The summed E-state index contributed by atoms with van der Waals surface area (Å²) >= 11 is 0. The van der Waals surface area contributed by atoms with Crippen LogP contribution in [-0.2, 0) is 6.54 Å². The van der Waals surface area contributed by atoms with Gasteiger partial charge in [-0.3, -0.25) is 4.99 Å². The van der Waals surface area contributed by atoms with E-state index in [1.54, 1.807) is 14.0 Å². The van der Waals surface area contributed by atoms with E-state index in [1.807, 2.05) is 24.3 Å². The molecule has 0 bridgehead atoms. The highest BCUT2D eigenvalue weighted by atomic mass is 127. The van der Waals surface area contributed by atoms with Crippen molar-refractivity contribution < 1.29 is 14.0 Å². The van der Waals surface area contributed by atoms with Crippen molar-refractivity contribution in [3.05, 3.63) is 36.0 Å². The van der Waals surface area contributed by atoms with E-state index in [1.165, 1.54) is 0 Å². The predicted molar refractivity (Wildman–Crippen MR) is 99.0 cm³/mol. The van der Waals surface area contributed by atoms with Gasteiger partial charge in [-0.25, -0.2) is 0 Å². The number of guanidine groups is 1. The van der Waals surface area contributed by atoms with Gasteiger partial charge in [0.05, 0.1) is 13.1 Å². The van der Waals surface area contributed by atoms with Crippen LogP contribution in [0.1, 0.15) is 11.7 Å². The first-order valence-electron chi connectivity index (χ1n) is 7.37. The van der Waals surface area contributed by atoms with Gasteiger partial charge in [0, 0.05) is 14.0 Å². The molecule has 0 saturated carbocycles. The van der Waals surface area contributed by atoms with Crippen LogP contribution in [0.5, 0.6) is 11.5 Å². The molecule has 24 heavy (non-hydrogen) atoms. The largest absolute Gasteiger partial charge is 0.486 e. The minimum atomic E-state index is -0.0872. The summed E-state index contributed by atoms with van der Waals surface area (Å²) in [6.07, 6.45) is -0.0872. The van der Waals surface area contributed by atoms with E-state index in [-0.39, 0.29) is 30.1 Å². The van der Waals surface area contributed by atoms with Crippen molar-refractivity contribution in [1.82, 2.24) is 20.8 Å². The van der Waals surface area contributed by atoms with Crippen molar-refractivity contribution >= 4 is 29.9 Å². The molecule has 8 nitrogen and oxygen atoms in total. The molecule has 0 radical (unpaired) electrons. The van der Waals surface area contributed by atoms with Gasteiger partial charge in [-0.1, -0.05) is 17.3 Å². The lowest BCUT2D eigenvalue weighted by molar-refractivity contribution is 0.0936. The third kappa shape index (κ3) is 4.73. The quantitative estimate of drug-likeness (QED) is 0.419. The molecule has 0 aliphatic carbocycles. The number of benzene rings is 1. The average molecular weight is 445 g/mol. The van der Waals surface area contributed by atoms with Crippen molar-refractivity contribution in [2.45, 2.75) is 19.6 Å². The van der Waals surface area contributed by atoms with E-state index >= 15 is 0 Å². The smallest absolute Gasteiger partial charge is 0.223 e. The van der Waals surface area contributed by atoms with Crippen LogP contribution >= 0.6 is 24.0 Å². The third-order valence-electron chi connectivity index (χ3n) is 3.27. The maximum absolute atomic E-state index is 5.88. The molecule has 2 aromatic rings. The van der Waals surface area contributed by atoms with Crippen molar-refractivity contribution in [3.8, 4) is 11.5 Å². The Kier molecular flexibility index (Phi) is 6.64. The monoisotopic (exact) mass is 445 g/mol. The van der Waals surface area contributed by atoms with Crippen molar-refractivity contribution in [3.63, 3.8) is 0 Å². The SMILES string of the molecule is CN=C(NCc1noc(C)n1)NCC1COc2ccccc2O1.I. The first kappa shape index (κ1) is 18.3. The number of nitrogens with one attached hydrogen (secondary N) is 2. The maximum Gasteiger partial charge on any atom is 0.223 e. The van der Waals surface area contributed by atoms with Gasteiger partial charge in [-0.15, -0.1) is 24.0 Å². The number of rotatable bonds is 4. The number of para-hydroxylation sites is 2. The first-order chi connectivity index (χ1) is 11.2. The molecule has 9 heteroatoms. The Balaban J connectivity index is 0.00000208. The number of nitrogens with zero attached hydrogens (tertiary/aromatic N) is 3. The van der Waals surface area contributed by atoms with Gasteiger partial charge in [0.2, 0.25) is 5.89 Å². The summed E-state index contributed by atoms with van der Waals surface area (Å²) in [6, 6.07) is 7.64. The molecule has 1 unspecified atom stereocenters. The van der Waals surface area contributed by atoms with Crippen LogP contribution in [0.2, 0.25) is 0 Å². The highest BCUT2D eigenvalue weighted by Crippen LogP contribution is 2.30. The zero-order valence-electron chi connectivity index (χ0n) is 13.5. The fourth-order valence-electron chi connectivity index (χ4n) is 2.17. The number of hydrogen-bond acceptors (Lipinski definition) is 6. The van der Waals surface area contributed by atoms with Crippen LogP contribution in [0.3, 0.4) is 0 Å². The van der Waals surface area contributed by atoms with E-state index < -0.39 is 0 Å². The molecule has 1 aromatic heterocycles. The van der Waals surface area contributed by atoms with Gasteiger partial charge in [-0.2, -0.15) is 4.98 Å².